The Labute approximate surface area is 150 Å². The molecule has 0 atom stereocenters. The molecular formula is C19H32N4O2. The van der Waals surface area contributed by atoms with Gasteiger partial charge >= 0.3 is 0 Å². The molecule has 1 aromatic heterocycles. The second kappa shape index (κ2) is 9.49. The molecule has 6 heteroatoms. The minimum absolute atomic E-state index is 0.155. The Hall–Kier alpha value is -1.98. The molecule has 0 unspecified atom stereocenters. The highest BCUT2D eigenvalue weighted by atomic mass is 16.3. The van der Waals surface area contributed by atoms with Crippen molar-refractivity contribution in [3.63, 3.8) is 0 Å². The first-order chi connectivity index (χ1) is 12.1. The zero-order valence-corrected chi connectivity index (χ0v) is 15.8. The number of furan rings is 1. The summed E-state index contributed by atoms with van der Waals surface area (Å²) in [7, 11) is 0. The Morgan fingerprint density at radius 2 is 2.00 bits per heavy atom. The molecule has 6 nitrogen and oxygen atoms in total. The van der Waals surface area contributed by atoms with Crippen LogP contribution in [0.2, 0.25) is 0 Å². The molecule has 140 valence electrons. The third-order valence-corrected chi connectivity index (χ3v) is 5.08. The average molecular weight is 348 g/mol. The van der Waals surface area contributed by atoms with Crippen molar-refractivity contribution in [1.82, 2.24) is 16.0 Å². The molecule has 1 aliphatic rings. The van der Waals surface area contributed by atoms with Crippen LogP contribution in [0.1, 0.15) is 62.1 Å². The summed E-state index contributed by atoms with van der Waals surface area (Å²) in [6, 6.07) is 1.79. The van der Waals surface area contributed by atoms with Gasteiger partial charge in [0.15, 0.2) is 11.7 Å². The van der Waals surface area contributed by atoms with Crippen LogP contribution >= 0.6 is 0 Å². The summed E-state index contributed by atoms with van der Waals surface area (Å²) in [6.07, 6.45) is 7.50. The average Bonchev–Trinajstić information content (AvgIpc) is 2.99. The molecule has 3 N–H and O–H groups in total. The van der Waals surface area contributed by atoms with E-state index in [1.54, 1.807) is 6.07 Å². The number of carbonyl (C=O) groups is 1. The summed E-state index contributed by atoms with van der Waals surface area (Å²) in [5.41, 5.74) is 1.29. The van der Waals surface area contributed by atoms with Gasteiger partial charge in [0.1, 0.15) is 0 Å². The zero-order valence-electron chi connectivity index (χ0n) is 15.8. The lowest BCUT2D eigenvalue weighted by Gasteiger charge is -2.40. The maximum Gasteiger partial charge on any atom is 0.287 e. The predicted octanol–water partition coefficient (Wildman–Crippen LogP) is 2.84. The van der Waals surface area contributed by atoms with Gasteiger partial charge in [-0.15, -0.1) is 0 Å². The number of hydrogen-bond acceptors (Lipinski definition) is 3. The Balaban J connectivity index is 1.68. The van der Waals surface area contributed by atoms with Crippen LogP contribution in [0.3, 0.4) is 0 Å². The van der Waals surface area contributed by atoms with Gasteiger partial charge < -0.3 is 20.4 Å². The number of carbonyl (C=O) groups excluding carboxylic acids is 1. The predicted molar refractivity (Wildman–Crippen MR) is 101 cm³/mol. The first-order valence-electron chi connectivity index (χ1n) is 9.44. The van der Waals surface area contributed by atoms with Gasteiger partial charge in [0.2, 0.25) is 0 Å². The Bertz CT molecular complexity index is 570. The van der Waals surface area contributed by atoms with Crippen LogP contribution in [0.4, 0.5) is 0 Å². The monoisotopic (exact) mass is 348 g/mol. The molecule has 25 heavy (non-hydrogen) atoms. The van der Waals surface area contributed by atoms with Crippen molar-refractivity contribution in [2.24, 2.45) is 10.4 Å². The van der Waals surface area contributed by atoms with Crippen LogP contribution in [0, 0.1) is 12.3 Å². The highest BCUT2D eigenvalue weighted by molar-refractivity contribution is 5.92. The van der Waals surface area contributed by atoms with Gasteiger partial charge in [-0.05, 0) is 51.0 Å². The number of guanidine groups is 1. The lowest BCUT2D eigenvalue weighted by atomic mass is 9.67. The molecule has 1 amide bonds. The molecule has 0 aliphatic heterocycles. The lowest BCUT2D eigenvalue weighted by Crippen LogP contribution is -2.40. The quantitative estimate of drug-likeness (QED) is 0.364. The van der Waals surface area contributed by atoms with Crippen LogP contribution in [0.15, 0.2) is 21.7 Å². The van der Waals surface area contributed by atoms with Gasteiger partial charge in [0.25, 0.3) is 5.91 Å². The van der Waals surface area contributed by atoms with Gasteiger partial charge in [0, 0.05) is 31.7 Å². The van der Waals surface area contributed by atoms with Gasteiger partial charge in [-0.3, -0.25) is 9.79 Å². The summed E-state index contributed by atoms with van der Waals surface area (Å²) < 4.78 is 5.19. The van der Waals surface area contributed by atoms with E-state index in [4.69, 9.17) is 9.41 Å². The minimum atomic E-state index is -0.155. The van der Waals surface area contributed by atoms with Crippen LogP contribution < -0.4 is 16.0 Å². The van der Waals surface area contributed by atoms with E-state index in [0.29, 0.717) is 17.7 Å². The second-order valence-electron chi connectivity index (χ2n) is 6.87. The molecular weight excluding hydrogens is 316 g/mol. The topological polar surface area (TPSA) is 78.7 Å². The summed E-state index contributed by atoms with van der Waals surface area (Å²) in [4.78, 5) is 16.7. The maximum absolute atomic E-state index is 12.0. The first kappa shape index (κ1) is 19.3. The molecule has 1 aromatic rings. The molecule has 0 saturated heterocycles. The number of aliphatic imine (C=N–C) groups is 1. The van der Waals surface area contributed by atoms with Crippen molar-refractivity contribution < 1.29 is 9.21 Å². The fraction of sp³-hybridized carbons (Fsp3) is 0.684. The molecule has 1 aliphatic carbocycles. The smallest absolute Gasteiger partial charge is 0.287 e. The third kappa shape index (κ3) is 5.51. The summed E-state index contributed by atoms with van der Waals surface area (Å²) in [5.74, 6) is 1.11. The number of nitrogens with one attached hydrogen (secondary N) is 3. The molecule has 1 fully saturated rings. The van der Waals surface area contributed by atoms with Crippen molar-refractivity contribution >= 4 is 11.9 Å². The Morgan fingerprint density at radius 1 is 1.24 bits per heavy atom. The fourth-order valence-electron chi connectivity index (χ4n) is 3.07. The van der Waals surface area contributed by atoms with Crippen molar-refractivity contribution in [2.75, 3.05) is 26.2 Å². The van der Waals surface area contributed by atoms with E-state index in [1.807, 2.05) is 6.92 Å². The molecule has 0 spiro atoms. The summed E-state index contributed by atoms with van der Waals surface area (Å²) >= 11 is 0. The maximum atomic E-state index is 12.0. The molecule has 1 heterocycles. The van der Waals surface area contributed by atoms with E-state index in [-0.39, 0.29) is 5.91 Å². The van der Waals surface area contributed by atoms with Gasteiger partial charge in [0.05, 0.1) is 6.26 Å². The SMILES string of the molecule is CCNC(=NCC1(CC)CCC1)NCCCNC(=O)c1occc1C. The first-order valence-corrected chi connectivity index (χ1v) is 9.44. The lowest BCUT2D eigenvalue weighted by molar-refractivity contribution is 0.0925. The summed E-state index contributed by atoms with van der Waals surface area (Å²) in [5, 5.41) is 9.53. The number of aryl methyl sites for hydroxylation is 1. The highest BCUT2D eigenvalue weighted by Gasteiger charge is 2.34. The fourth-order valence-corrected chi connectivity index (χ4v) is 3.07. The normalized spacial score (nSPS) is 16.2. The van der Waals surface area contributed by atoms with Crippen molar-refractivity contribution in [3.8, 4) is 0 Å². The number of rotatable bonds is 9. The Morgan fingerprint density at radius 3 is 2.56 bits per heavy atom. The number of nitrogens with zero attached hydrogens (tertiary/aromatic N) is 1. The van der Waals surface area contributed by atoms with Crippen LogP contribution in [-0.4, -0.2) is 38.0 Å². The molecule has 2 rings (SSSR count). The Kier molecular flexibility index (Phi) is 7.34. The zero-order chi connectivity index (χ0) is 18.1. The van der Waals surface area contributed by atoms with E-state index in [9.17, 15) is 4.79 Å². The highest BCUT2D eigenvalue weighted by Crippen LogP contribution is 2.43. The summed E-state index contributed by atoms with van der Waals surface area (Å²) in [6.45, 7) is 9.31. The number of amides is 1. The van der Waals surface area contributed by atoms with Crippen molar-refractivity contribution in [2.45, 2.75) is 52.9 Å². The van der Waals surface area contributed by atoms with Gasteiger partial charge in [-0.25, -0.2) is 0 Å². The third-order valence-electron chi connectivity index (χ3n) is 5.08. The minimum Gasteiger partial charge on any atom is -0.459 e. The van der Waals surface area contributed by atoms with E-state index in [2.05, 4.69) is 29.8 Å². The molecule has 0 aromatic carbocycles. The van der Waals surface area contributed by atoms with Crippen molar-refractivity contribution in [1.29, 1.82) is 0 Å². The van der Waals surface area contributed by atoms with Crippen molar-refractivity contribution in [3.05, 3.63) is 23.7 Å². The largest absolute Gasteiger partial charge is 0.459 e. The van der Waals surface area contributed by atoms with Gasteiger partial charge in [-0.2, -0.15) is 0 Å². The van der Waals surface area contributed by atoms with Crippen LogP contribution in [-0.2, 0) is 0 Å². The number of hydrogen-bond donors (Lipinski definition) is 3. The molecule has 0 radical (unpaired) electrons. The van der Waals surface area contributed by atoms with E-state index >= 15 is 0 Å². The second-order valence-corrected chi connectivity index (χ2v) is 6.87. The van der Waals surface area contributed by atoms with E-state index < -0.39 is 0 Å². The standard InChI is InChI=1S/C19H32N4O2/c1-4-19(9-6-10-19)14-23-18(20-5-2)22-12-7-11-21-17(24)16-15(3)8-13-25-16/h8,13H,4-7,9-12,14H2,1-3H3,(H,21,24)(H2,20,22,23). The molecule has 1 saturated carbocycles. The van der Waals surface area contributed by atoms with E-state index in [1.165, 1.54) is 31.9 Å². The van der Waals surface area contributed by atoms with Gasteiger partial charge in [-0.1, -0.05) is 13.3 Å². The van der Waals surface area contributed by atoms with Crippen LogP contribution in [0.5, 0.6) is 0 Å². The van der Waals surface area contributed by atoms with Crippen LogP contribution in [0.25, 0.3) is 0 Å². The molecule has 0 bridgehead atoms. The van der Waals surface area contributed by atoms with E-state index in [0.717, 1.165) is 37.6 Å².